The number of aromatic nitrogens is 3. The smallest absolute Gasteiger partial charge is 0.277 e. The maximum Gasteiger partial charge on any atom is 0.277 e. The van der Waals surface area contributed by atoms with Crippen LogP contribution in [0.1, 0.15) is 11.1 Å². The number of halogens is 2. The first-order valence-corrected chi connectivity index (χ1v) is 10.1. The Labute approximate surface area is 187 Å². The lowest BCUT2D eigenvalue weighted by Gasteiger charge is -2.09. The van der Waals surface area contributed by atoms with Crippen LogP contribution in [0.2, 0.25) is 0 Å². The third-order valence-electron chi connectivity index (χ3n) is 5.57. The lowest BCUT2D eigenvalue weighted by atomic mass is 10.00. The van der Waals surface area contributed by atoms with Crippen molar-refractivity contribution < 1.29 is 8.78 Å². The monoisotopic (exact) mass is 438 g/mol. The molecule has 0 aliphatic heterocycles. The topological polar surface area (TPSA) is 73.9 Å². The number of hydrogen-bond donors (Lipinski definition) is 1. The summed E-state index contributed by atoms with van der Waals surface area (Å²) in [4.78, 5) is 16.5. The fraction of sp³-hybridized carbons (Fsp3) is 0.0385. The average molecular weight is 438 g/mol. The number of benzene rings is 3. The van der Waals surface area contributed by atoms with Gasteiger partial charge >= 0.3 is 0 Å². The molecule has 2 heterocycles. The predicted octanol–water partition coefficient (Wildman–Crippen LogP) is 5.48. The van der Waals surface area contributed by atoms with Gasteiger partial charge in [-0.2, -0.15) is 14.9 Å². The van der Waals surface area contributed by atoms with Crippen molar-refractivity contribution in [2.45, 2.75) is 6.92 Å². The van der Waals surface area contributed by atoms with Crippen molar-refractivity contribution >= 4 is 5.65 Å². The third-order valence-corrected chi connectivity index (χ3v) is 5.57. The second-order valence-electron chi connectivity index (χ2n) is 7.59. The molecule has 5 nitrogen and oxygen atoms in total. The Balaban J connectivity index is 1.88. The standard InChI is InChI=1S/C26H16F2N4O/c1-15-23(18-9-7-16(14-29)8-10-18)30-25-22(20-12-11-19(27)13-21(20)28)24(31-32(25)26(15)33)17-5-3-2-4-6-17/h2-13,30H,1H3. The Morgan fingerprint density at radius 3 is 2.36 bits per heavy atom. The van der Waals surface area contributed by atoms with E-state index in [1.54, 1.807) is 31.2 Å². The molecule has 0 aliphatic carbocycles. The van der Waals surface area contributed by atoms with E-state index >= 15 is 0 Å². The number of H-pyrrole nitrogens is 1. The van der Waals surface area contributed by atoms with Gasteiger partial charge in [-0.05, 0) is 36.8 Å². The van der Waals surface area contributed by atoms with Gasteiger partial charge in [-0.15, -0.1) is 0 Å². The van der Waals surface area contributed by atoms with Gasteiger partial charge in [-0.1, -0.05) is 42.5 Å². The van der Waals surface area contributed by atoms with Crippen LogP contribution in [0, 0.1) is 29.9 Å². The molecule has 5 aromatic rings. The molecule has 0 amide bonds. The van der Waals surface area contributed by atoms with Crippen LogP contribution in [0.4, 0.5) is 8.78 Å². The first-order chi connectivity index (χ1) is 16.0. The van der Waals surface area contributed by atoms with Gasteiger partial charge in [0, 0.05) is 22.8 Å². The van der Waals surface area contributed by atoms with Crippen molar-refractivity contribution in [1.29, 1.82) is 5.26 Å². The molecular weight excluding hydrogens is 422 g/mol. The molecule has 1 N–H and O–H groups in total. The van der Waals surface area contributed by atoms with Crippen molar-refractivity contribution in [3.8, 4) is 39.7 Å². The van der Waals surface area contributed by atoms with Gasteiger partial charge in [0.25, 0.3) is 5.56 Å². The van der Waals surface area contributed by atoms with Gasteiger partial charge in [-0.25, -0.2) is 8.78 Å². The predicted molar refractivity (Wildman–Crippen MR) is 121 cm³/mol. The maximum absolute atomic E-state index is 14.9. The number of nitrogens with one attached hydrogen (secondary N) is 1. The van der Waals surface area contributed by atoms with Gasteiger partial charge < -0.3 is 4.98 Å². The molecule has 5 rings (SSSR count). The molecule has 0 spiro atoms. The Morgan fingerprint density at radius 2 is 1.70 bits per heavy atom. The number of nitrogens with zero attached hydrogens (tertiary/aromatic N) is 3. The van der Waals surface area contributed by atoms with Gasteiger partial charge in [0.15, 0.2) is 0 Å². The summed E-state index contributed by atoms with van der Waals surface area (Å²) in [5.41, 5.74) is 3.60. The van der Waals surface area contributed by atoms with E-state index in [-0.39, 0.29) is 16.8 Å². The lowest BCUT2D eigenvalue weighted by molar-refractivity contribution is 0.585. The summed E-state index contributed by atoms with van der Waals surface area (Å²) >= 11 is 0. The van der Waals surface area contributed by atoms with Crippen LogP contribution in [-0.2, 0) is 0 Å². The van der Waals surface area contributed by atoms with Gasteiger partial charge in [0.05, 0.1) is 22.9 Å². The second kappa shape index (κ2) is 7.84. The zero-order chi connectivity index (χ0) is 23.1. The summed E-state index contributed by atoms with van der Waals surface area (Å²) in [6, 6.07) is 21.3. The molecule has 0 saturated carbocycles. The van der Waals surface area contributed by atoms with Crippen molar-refractivity contribution in [2.24, 2.45) is 0 Å². The SMILES string of the molecule is Cc1c(-c2ccc(C#N)cc2)[nH]c2c(-c3ccc(F)cc3F)c(-c3ccccc3)nn2c1=O. The summed E-state index contributed by atoms with van der Waals surface area (Å²) in [5.74, 6) is -1.46. The number of rotatable bonds is 3. The molecule has 0 fully saturated rings. The minimum absolute atomic E-state index is 0.121. The molecule has 3 aromatic carbocycles. The zero-order valence-corrected chi connectivity index (χ0v) is 17.4. The number of hydrogen-bond acceptors (Lipinski definition) is 3. The Kier molecular flexibility index (Phi) is 4.83. The highest BCUT2D eigenvalue weighted by Crippen LogP contribution is 2.36. The third kappa shape index (κ3) is 3.38. The fourth-order valence-corrected chi connectivity index (χ4v) is 3.90. The van der Waals surface area contributed by atoms with E-state index in [0.717, 1.165) is 6.07 Å². The first kappa shape index (κ1) is 20.3. The van der Waals surface area contributed by atoms with Gasteiger partial charge in [-0.3, -0.25) is 4.79 Å². The quantitative estimate of drug-likeness (QED) is 0.405. The summed E-state index contributed by atoms with van der Waals surface area (Å²) in [7, 11) is 0. The highest BCUT2D eigenvalue weighted by atomic mass is 19.1. The normalized spacial score (nSPS) is 11.0. The summed E-state index contributed by atoms with van der Waals surface area (Å²) < 4.78 is 29.8. The molecule has 33 heavy (non-hydrogen) atoms. The number of nitriles is 1. The highest BCUT2D eigenvalue weighted by molar-refractivity contribution is 5.91. The van der Waals surface area contributed by atoms with E-state index in [2.05, 4.69) is 16.2 Å². The molecular formula is C26H16F2N4O. The van der Waals surface area contributed by atoms with E-state index < -0.39 is 11.6 Å². The van der Waals surface area contributed by atoms with Crippen molar-refractivity contribution in [1.82, 2.24) is 14.6 Å². The molecule has 0 radical (unpaired) electrons. The Hall–Kier alpha value is -4.57. The number of fused-ring (bicyclic) bond motifs is 1. The minimum atomic E-state index is -0.761. The fourth-order valence-electron chi connectivity index (χ4n) is 3.90. The highest BCUT2D eigenvalue weighted by Gasteiger charge is 2.23. The van der Waals surface area contributed by atoms with Crippen LogP contribution in [0.5, 0.6) is 0 Å². The molecule has 0 atom stereocenters. The van der Waals surface area contributed by atoms with Gasteiger partial charge in [0.1, 0.15) is 23.0 Å². The average Bonchev–Trinajstić information content (AvgIpc) is 3.21. The Morgan fingerprint density at radius 1 is 0.970 bits per heavy atom. The molecule has 2 aromatic heterocycles. The van der Waals surface area contributed by atoms with E-state index in [0.29, 0.717) is 39.2 Å². The van der Waals surface area contributed by atoms with E-state index in [1.807, 2.05) is 30.3 Å². The van der Waals surface area contributed by atoms with Crippen molar-refractivity contribution in [2.75, 3.05) is 0 Å². The maximum atomic E-state index is 14.9. The van der Waals surface area contributed by atoms with E-state index in [1.165, 1.54) is 16.6 Å². The van der Waals surface area contributed by atoms with Crippen LogP contribution in [-0.4, -0.2) is 14.6 Å². The molecule has 0 saturated heterocycles. The van der Waals surface area contributed by atoms with Crippen LogP contribution in [0.25, 0.3) is 39.3 Å². The lowest BCUT2D eigenvalue weighted by Crippen LogP contribution is -2.19. The van der Waals surface area contributed by atoms with Gasteiger partial charge in [0.2, 0.25) is 0 Å². The summed E-state index contributed by atoms with van der Waals surface area (Å²) in [6.07, 6.45) is 0. The summed E-state index contributed by atoms with van der Waals surface area (Å²) in [5, 5.41) is 13.6. The van der Waals surface area contributed by atoms with Crippen LogP contribution in [0.15, 0.2) is 77.6 Å². The molecule has 0 bridgehead atoms. The zero-order valence-electron chi connectivity index (χ0n) is 17.4. The molecule has 0 aliphatic rings. The van der Waals surface area contributed by atoms with Crippen LogP contribution >= 0.6 is 0 Å². The molecule has 7 heteroatoms. The molecule has 160 valence electrons. The number of aromatic amines is 1. The minimum Gasteiger partial charge on any atom is -0.339 e. The van der Waals surface area contributed by atoms with Crippen LogP contribution < -0.4 is 5.56 Å². The molecule has 0 unspecified atom stereocenters. The first-order valence-electron chi connectivity index (χ1n) is 10.1. The van der Waals surface area contributed by atoms with Crippen molar-refractivity contribution in [3.05, 3.63) is 106 Å². The van der Waals surface area contributed by atoms with Crippen molar-refractivity contribution in [3.63, 3.8) is 0 Å². The Bertz CT molecular complexity index is 1610. The largest absolute Gasteiger partial charge is 0.339 e. The van der Waals surface area contributed by atoms with Crippen LogP contribution in [0.3, 0.4) is 0 Å². The summed E-state index contributed by atoms with van der Waals surface area (Å²) in [6.45, 7) is 1.67. The van der Waals surface area contributed by atoms with E-state index in [4.69, 9.17) is 5.26 Å². The van der Waals surface area contributed by atoms with E-state index in [9.17, 15) is 13.6 Å². The second-order valence-corrected chi connectivity index (χ2v) is 7.59.